The number of nitro groups is 1. The van der Waals surface area contributed by atoms with Crippen molar-refractivity contribution in [2.24, 2.45) is 16.2 Å². The van der Waals surface area contributed by atoms with Crippen LogP contribution in [0.15, 0.2) is 24.3 Å². The van der Waals surface area contributed by atoms with E-state index in [1.807, 2.05) is 41.9 Å². The lowest BCUT2D eigenvalue weighted by Gasteiger charge is -2.41. The third-order valence-corrected chi connectivity index (χ3v) is 8.85. The molecule has 14 heteroatoms. The van der Waals surface area contributed by atoms with Crippen molar-refractivity contribution in [1.29, 1.82) is 0 Å². The summed E-state index contributed by atoms with van der Waals surface area (Å²) in [4.78, 5) is 60.6. The number of Topliss-reactive ketones (excluding diaryl/α,β-unsaturated/α-hetero) is 2. The van der Waals surface area contributed by atoms with E-state index < -0.39 is 46.5 Å². The molecule has 52 heavy (non-hydrogen) atoms. The summed E-state index contributed by atoms with van der Waals surface area (Å²) in [5.41, 5.74) is -3.23. The number of rotatable bonds is 23. The molecule has 0 heterocycles. The first-order valence-corrected chi connectivity index (χ1v) is 17.1. The highest BCUT2D eigenvalue weighted by Crippen LogP contribution is 2.46. The Kier molecular flexibility index (Phi) is 31.1. The van der Waals surface area contributed by atoms with Crippen molar-refractivity contribution in [2.75, 3.05) is 60.7 Å². The third kappa shape index (κ3) is 21.2. The second kappa shape index (κ2) is 26.3. The molecular formula is C38H78N2O11P+. The van der Waals surface area contributed by atoms with Crippen LogP contribution in [-0.4, -0.2) is 92.6 Å². The van der Waals surface area contributed by atoms with Gasteiger partial charge in [-0.15, -0.1) is 0 Å². The highest BCUT2D eigenvalue weighted by Gasteiger charge is 2.48. The van der Waals surface area contributed by atoms with Crippen molar-refractivity contribution in [2.45, 2.75) is 118 Å². The molecule has 0 aliphatic heterocycles. The molecule has 0 saturated heterocycles. The van der Waals surface area contributed by atoms with Gasteiger partial charge in [-0.2, -0.15) is 0 Å². The maximum Gasteiger partial charge on any atom is 0.472 e. The number of ketones is 2. The molecule has 310 valence electrons. The van der Waals surface area contributed by atoms with Crippen LogP contribution in [0.2, 0.25) is 0 Å². The van der Waals surface area contributed by atoms with Gasteiger partial charge in [0.25, 0.3) is 5.69 Å². The van der Waals surface area contributed by atoms with Gasteiger partial charge in [0.05, 0.1) is 57.9 Å². The van der Waals surface area contributed by atoms with Gasteiger partial charge in [-0.25, -0.2) is 4.57 Å². The number of ether oxygens (including phenoxy) is 2. The third-order valence-electron chi connectivity index (χ3n) is 7.84. The number of nitrogens with zero attached hydrogens (tertiary/aromatic N) is 2. The highest BCUT2D eigenvalue weighted by molar-refractivity contribution is 7.47. The van der Waals surface area contributed by atoms with Crippen molar-refractivity contribution in [3.05, 3.63) is 39.9 Å². The number of phosphoric ester groups is 1. The summed E-state index contributed by atoms with van der Waals surface area (Å²) < 4.78 is 34.3. The van der Waals surface area contributed by atoms with Crippen molar-refractivity contribution in [3.63, 3.8) is 0 Å². The zero-order valence-electron chi connectivity index (χ0n) is 29.0. The number of esters is 1. The van der Waals surface area contributed by atoms with E-state index in [-0.39, 0.29) is 102 Å². The molecule has 1 aromatic carbocycles. The summed E-state index contributed by atoms with van der Waals surface area (Å²) >= 11 is 0. The minimum Gasteiger partial charge on any atom is -0.465 e. The van der Waals surface area contributed by atoms with Gasteiger partial charge in [0.15, 0.2) is 0 Å². The maximum atomic E-state index is 13.6. The number of quaternary nitrogens is 1. The number of likely N-dealkylation sites (N-methyl/N-ethyl adjacent to an activating group) is 1. The van der Waals surface area contributed by atoms with Crippen molar-refractivity contribution in [3.8, 4) is 0 Å². The number of benzene rings is 1. The largest absolute Gasteiger partial charge is 0.472 e. The van der Waals surface area contributed by atoms with E-state index >= 15 is 0 Å². The quantitative estimate of drug-likeness (QED) is 0.0164. The summed E-state index contributed by atoms with van der Waals surface area (Å²) in [7, 11) is 1.56. The number of non-ortho nitro benzene ring substituents is 1. The molecule has 3 unspecified atom stereocenters. The standard InChI is InChI=1S/C32H53N2O11P.6CH4/c1-10-12-18-43-29(37)32(6,22-30(3,4)28(36)27(35)25-13-15-26(16-14-25)33(38)39)23-31(5,11-2)24-42-20-21-45-46(40,41)44-19-17-34(7,8)9;;;;;;/h13-16H,10-12,17-24H2,1-9H3;6*1H4/p+1. The van der Waals surface area contributed by atoms with Crippen LogP contribution < -0.4 is 0 Å². The van der Waals surface area contributed by atoms with E-state index in [1.54, 1.807) is 20.8 Å². The normalized spacial score (nSPS) is 14.3. The van der Waals surface area contributed by atoms with Gasteiger partial charge in [0.1, 0.15) is 13.2 Å². The van der Waals surface area contributed by atoms with Crippen LogP contribution in [0.5, 0.6) is 0 Å². The first-order valence-electron chi connectivity index (χ1n) is 15.6. The molecule has 0 saturated carbocycles. The number of unbranched alkanes of at least 4 members (excludes halogenated alkanes) is 1. The van der Waals surface area contributed by atoms with Crippen LogP contribution in [-0.2, 0) is 32.7 Å². The average Bonchev–Trinajstić information content (AvgIpc) is 2.95. The summed E-state index contributed by atoms with van der Waals surface area (Å²) in [6, 6.07) is 4.82. The summed E-state index contributed by atoms with van der Waals surface area (Å²) in [6.07, 6.45) is 2.35. The van der Waals surface area contributed by atoms with Crippen LogP contribution in [0.1, 0.15) is 129 Å². The van der Waals surface area contributed by atoms with Gasteiger partial charge in [0.2, 0.25) is 11.6 Å². The van der Waals surface area contributed by atoms with Gasteiger partial charge in [0, 0.05) is 23.1 Å². The summed E-state index contributed by atoms with van der Waals surface area (Å²) in [6.45, 7) is 11.6. The zero-order valence-corrected chi connectivity index (χ0v) is 29.9. The fraction of sp³-hybridized carbons (Fsp3) is 0.763. The molecule has 0 aliphatic rings. The van der Waals surface area contributed by atoms with Crippen molar-refractivity contribution >= 4 is 31.0 Å². The topological polar surface area (TPSA) is 169 Å². The predicted molar refractivity (Wildman–Crippen MR) is 214 cm³/mol. The molecule has 0 amide bonds. The molecule has 0 aliphatic carbocycles. The predicted octanol–water partition coefficient (Wildman–Crippen LogP) is 9.59. The fourth-order valence-electron chi connectivity index (χ4n) is 5.14. The van der Waals surface area contributed by atoms with Crippen LogP contribution in [0.25, 0.3) is 0 Å². The molecule has 0 aromatic heterocycles. The zero-order chi connectivity index (χ0) is 35.4. The Labute approximate surface area is 317 Å². The van der Waals surface area contributed by atoms with Crippen molar-refractivity contribution < 1.29 is 51.8 Å². The lowest BCUT2D eigenvalue weighted by atomic mass is 9.64. The number of hydrogen-bond acceptors (Lipinski definition) is 10. The maximum absolute atomic E-state index is 13.6. The fourth-order valence-corrected chi connectivity index (χ4v) is 5.83. The minimum absolute atomic E-state index is 0. The van der Waals surface area contributed by atoms with E-state index in [2.05, 4.69) is 0 Å². The van der Waals surface area contributed by atoms with E-state index in [1.165, 1.54) is 24.3 Å². The number of carbonyl (C=O) groups excluding carboxylic acids is 3. The second-order valence-corrected chi connectivity index (χ2v) is 15.6. The molecule has 0 fully saturated rings. The van der Waals surface area contributed by atoms with E-state index in [4.69, 9.17) is 18.5 Å². The number of phosphoric acid groups is 1. The van der Waals surface area contributed by atoms with Gasteiger partial charge in [-0.1, -0.05) is 85.6 Å². The molecular weight excluding hydrogens is 691 g/mol. The number of carbonyl (C=O) groups is 3. The highest BCUT2D eigenvalue weighted by atomic mass is 31.2. The Balaban J connectivity index is -0.000000882. The Hall–Kier alpha value is -2.54. The number of hydrogen-bond donors (Lipinski definition) is 1. The Morgan fingerprint density at radius 3 is 1.83 bits per heavy atom. The molecule has 3 atom stereocenters. The Morgan fingerprint density at radius 1 is 0.846 bits per heavy atom. The second-order valence-electron chi connectivity index (χ2n) is 14.1. The lowest BCUT2D eigenvalue weighted by Crippen LogP contribution is -2.44. The monoisotopic (exact) mass is 770 g/mol. The van der Waals surface area contributed by atoms with Crippen LogP contribution in [0.4, 0.5) is 5.69 Å². The molecule has 0 spiro atoms. The van der Waals surface area contributed by atoms with E-state index in [0.29, 0.717) is 23.9 Å². The summed E-state index contributed by atoms with van der Waals surface area (Å²) in [5.74, 6) is -2.01. The van der Waals surface area contributed by atoms with Gasteiger partial charge >= 0.3 is 13.8 Å². The van der Waals surface area contributed by atoms with Gasteiger partial charge in [-0.05, 0) is 50.2 Å². The Morgan fingerprint density at radius 2 is 1.37 bits per heavy atom. The van der Waals surface area contributed by atoms with Gasteiger partial charge in [-0.3, -0.25) is 33.5 Å². The molecule has 0 radical (unpaired) electrons. The lowest BCUT2D eigenvalue weighted by molar-refractivity contribution is -0.870. The molecule has 1 N–H and O–H groups in total. The Bertz CT molecular complexity index is 1230. The summed E-state index contributed by atoms with van der Waals surface area (Å²) in [5, 5.41) is 11.0. The average molecular weight is 770 g/mol. The van der Waals surface area contributed by atoms with Gasteiger partial charge < -0.3 is 18.9 Å². The van der Waals surface area contributed by atoms with Crippen LogP contribution in [0.3, 0.4) is 0 Å². The number of nitro benzene ring substituents is 1. The smallest absolute Gasteiger partial charge is 0.465 e. The van der Waals surface area contributed by atoms with Crippen LogP contribution in [0, 0.1) is 26.4 Å². The van der Waals surface area contributed by atoms with Crippen molar-refractivity contribution in [1.82, 2.24) is 0 Å². The van der Waals surface area contributed by atoms with E-state index in [0.717, 1.165) is 6.42 Å². The SMILES string of the molecule is C.C.C.C.C.C.CCCCOC(=O)C(C)(CC(C)(CC)COCCOP(=O)(O)OCC[N+](C)(C)C)CC(C)(C)C(=O)C(=O)c1ccc([N+](=O)[O-])cc1. The van der Waals surface area contributed by atoms with E-state index in [9.17, 15) is 34.0 Å². The first kappa shape index (κ1) is 61.5. The first-order chi connectivity index (χ1) is 21.1. The minimum atomic E-state index is -4.24. The van der Waals surface area contributed by atoms with Crippen LogP contribution >= 0.6 is 7.82 Å². The molecule has 1 rings (SSSR count). The molecule has 0 bridgehead atoms. The molecule has 13 nitrogen and oxygen atoms in total. The molecule has 1 aromatic rings.